The Hall–Kier alpha value is 0. The summed E-state index contributed by atoms with van der Waals surface area (Å²) in [7, 11) is 0. The van der Waals surface area contributed by atoms with Gasteiger partial charge in [0.25, 0.3) is 0 Å². The van der Waals surface area contributed by atoms with E-state index in [-0.39, 0.29) is 0 Å². The molecular weight excluding hydrogens is 156 g/mol. The van der Waals surface area contributed by atoms with Crippen molar-refractivity contribution >= 4 is 0 Å². The molecule has 2 saturated carbocycles. The van der Waals surface area contributed by atoms with Gasteiger partial charge in [-0.3, -0.25) is 0 Å². The van der Waals surface area contributed by atoms with Crippen LogP contribution in [0.2, 0.25) is 0 Å². The van der Waals surface area contributed by atoms with E-state index in [1.165, 1.54) is 25.7 Å². The summed E-state index contributed by atoms with van der Waals surface area (Å²) >= 11 is 0. The summed E-state index contributed by atoms with van der Waals surface area (Å²) in [4.78, 5) is 0. The van der Waals surface area contributed by atoms with Crippen molar-refractivity contribution in [1.82, 2.24) is 0 Å². The average molecular weight is 182 g/mol. The molecule has 0 heteroatoms. The highest BCUT2D eigenvalue weighted by atomic mass is 14.4. The molecule has 4 atom stereocenters. The van der Waals surface area contributed by atoms with Gasteiger partial charge in [-0.15, -0.1) is 0 Å². The third kappa shape index (κ3) is 2.27. The zero-order valence-corrected chi connectivity index (χ0v) is 9.84. The SMILES string of the molecule is CC.CC1CCCC2CCC(C)C12. The van der Waals surface area contributed by atoms with E-state index in [0.29, 0.717) is 0 Å². The monoisotopic (exact) mass is 182 g/mol. The molecule has 0 aromatic rings. The first-order valence-electron chi connectivity index (χ1n) is 6.29. The molecule has 0 aliphatic heterocycles. The van der Waals surface area contributed by atoms with Gasteiger partial charge in [-0.1, -0.05) is 53.4 Å². The van der Waals surface area contributed by atoms with Gasteiger partial charge in [0.1, 0.15) is 0 Å². The molecule has 0 radical (unpaired) electrons. The van der Waals surface area contributed by atoms with Crippen LogP contribution in [-0.2, 0) is 0 Å². The smallest absolute Gasteiger partial charge is 0.0334 e. The predicted molar refractivity (Wildman–Crippen MR) is 59.7 cm³/mol. The van der Waals surface area contributed by atoms with Crippen LogP contribution in [0.3, 0.4) is 0 Å². The lowest BCUT2D eigenvalue weighted by atomic mass is 9.72. The number of hydrogen-bond acceptors (Lipinski definition) is 0. The molecule has 0 saturated heterocycles. The third-order valence-corrected chi connectivity index (χ3v) is 4.09. The summed E-state index contributed by atoms with van der Waals surface area (Å²) in [6.07, 6.45) is 7.61. The first kappa shape index (κ1) is 11.1. The molecule has 0 amide bonds. The average Bonchev–Trinajstić information content (AvgIpc) is 2.53. The van der Waals surface area contributed by atoms with Crippen LogP contribution in [-0.4, -0.2) is 0 Å². The Kier molecular flexibility index (Phi) is 4.28. The topological polar surface area (TPSA) is 0 Å². The lowest BCUT2D eigenvalue weighted by Crippen LogP contribution is -2.25. The fourth-order valence-corrected chi connectivity index (χ4v) is 3.58. The van der Waals surface area contributed by atoms with E-state index < -0.39 is 0 Å². The van der Waals surface area contributed by atoms with Crippen LogP contribution < -0.4 is 0 Å². The molecule has 0 aromatic carbocycles. The minimum Gasteiger partial charge on any atom is -0.0683 e. The van der Waals surface area contributed by atoms with E-state index in [4.69, 9.17) is 0 Å². The lowest BCUT2D eigenvalue weighted by Gasteiger charge is -2.33. The zero-order valence-electron chi connectivity index (χ0n) is 9.84. The van der Waals surface area contributed by atoms with Gasteiger partial charge in [0, 0.05) is 0 Å². The summed E-state index contributed by atoms with van der Waals surface area (Å²) in [5.41, 5.74) is 0. The van der Waals surface area contributed by atoms with Gasteiger partial charge < -0.3 is 0 Å². The van der Waals surface area contributed by atoms with Gasteiger partial charge in [0.2, 0.25) is 0 Å². The van der Waals surface area contributed by atoms with Gasteiger partial charge >= 0.3 is 0 Å². The van der Waals surface area contributed by atoms with E-state index in [2.05, 4.69) is 13.8 Å². The van der Waals surface area contributed by atoms with Crippen molar-refractivity contribution in [3.05, 3.63) is 0 Å². The molecule has 0 aromatic heterocycles. The third-order valence-electron chi connectivity index (χ3n) is 4.09. The minimum absolute atomic E-state index is 1.03. The highest BCUT2D eigenvalue weighted by Crippen LogP contribution is 2.48. The van der Waals surface area contributed by atoms with Crippen LogP contribution in [0.15, 0.2) is 0 Å². The van der Waals surface area contributed by atoms with Crippen molar-refractivity contribution < 1.29 is 0 Å². The lowest BCUT2D eigenvalue weighted by molar-refractivity contribution is 0.162. The minimum atomic E-state index is 1.03. The van der Waals surface area contributed by atoms with Crippen LogP contribution in [0.5, 0.6) is 0 Å². The Morgan fingerprint density at radius 1 is 0.769 bits per heavy atom. The molecular formula is C13H26. The maximum absolute atomic E-state index is 2.47. The summed E-state index contributed by atoms with van der Waals surface area (Å²) in [6.45, 7) is 8.94. The molecule has 78 valence electrons. The molecule has 0 spiro atoms. The summed E-state index contributed by atoms with van der Waals surface area (Å²) in [5.74, 6) is 4.29. The van der Waals surface area contributed by atoms with Gasteiger partial charge in [-0.25, -0.2) is 0 Å². The predicted octanol–water partition coefficient (Wildman–Crippen LogP) is 4.49. The number of hydrogen-bond donors (Lipinski definition) is 0. The van der Waals surface area contributed by atoms with Crippen molar-refractivity contribution in [2.24, 2.45) is 23.7 Å². The van der Waals surface area contributed by atoms with E-state index in [9.17, 15) is 0 Å². The first-order valence-corrected chi connectivity index (χ1v) is 6.29. The molecule has 2 rings (SSSR count). The molecule has 13 heavy (non-hydrogen) atoms. The fraction of sp³-hybridized carbons (Fsp3) is 1.00. The zero-order chi connectivity index (χ0) is 9.84. The summed E-state index contributed by atoms with van der Waals surface area (Å²) < 4.78 is 0. The molecule has 0 N–H and O–H groups in total. The highest BCUT2D eigenvalue weighted by Gasteiger charge is 2.38. The fourth-order valence-electron chi connectivity index (χ4n) is 3.58. The normalized spacial score (nSPS) is 43.4. The van der Waals surface area contributed by atoms with Crippen LogP contribution in [0.4, 0.5) is 0 Å². The number of rotatable bonds is 0. The van der Waals surface area contributed by atoms with Crippen molar-refractivity contribution in [3.8, 4) is 0 Å². The van der Waals surface area contributed by atoms with Gasteiger partial charge in [0.15, 0.2) is 0 Å². The maximum Gasteiger partial charge on any atom is -0.0334 e. The first-order chi connectivity index (χ1) is 6.29. The van der Waals surface area contributed by atoms with Crippen molar-refractivity contribution in [1.29, 1.82) is 0 Å². The second-order valence-corrected chi connectivity index (χ2v) is 4.80. The van der Waals surface area contributed by atoms with Crippen molar-refractivity contribution in [2.45, 2.75) is 59.8 Å². The quantitative estimate of drug-likeness (QED) is 0.517. The van der Waals surface area contributed by atoms with Crippen LogP contribution in [0.1, 0.15) is 59.8 Å². The maximum atomic E-state index is 2.47. The molecule has 0 nitrogen and oxygen atoms in total. The Labute approximate surface area is 84.1 Å². The largest absolute Gasteiger partial charge is 0.0683 e. The molecule has 2 aliphatic rings. The van der Waals surface area contributed by atoms with E-state index >= 15 is 0 Å². The Morgan fingerprint density at radius 2 is 1.38 bits per heavy atom. The number of fused-ring (bicyclic) bond motifs is 1. The molecule has 2 fully saturated rings. The van der Waals surface area contributed by atoms with Crippen molar-refractivity contribution in [2.75, 3.05) is 0 Å². The molecule has 2 aliphatic carbocycles. The molecule has 0 heterocycles. The summed E-state index contributed by atoms with van der Waals surface area (Å²) in [6, 6.07) is 0. The Bertz CT molecular complexity index is 137. The Morgan fingerprint density at radius 3 is 2.00 bits per heavy atom. The van der Waals surface area contributed by atoms with E-state index in [1.807, 2.05) is 13.8 Å². The van der Waals surface area contributed by atoms with E-state index in [0.717, 1.165) is 23.7 Å². The van der Waals surface area contributed by atoms with Gasteiger partial charge in [0.05, 0.1) is 0 Å². The molecule has 4 unspecified atom stereocenters. The van der Waals surface area contributed by atoms with E-state index in [1.54, 1.807) is 6.42 Å². The van der Waals surface area contributed by atoms with Gasteiger partial charge in [-0.05, 0) is 30.1 Å². The second kappa shape index (κ2) is 5.02. The van der Waals surface area contributed by atoms with Crippen LogP contribution >= 0.6 is 0 Å². The van der Waals surface area contributed by atoms with Gasteiger partial charge in [-0.2, -0.15) is 0 Å². The standard InChI is InChI=1S/C11H20.C2H6/c1-8-4-3-5-10-7-6-9(2)11(8)10;1-2/h8-11H,3-7H2,1-2H3;1-2H3. The summed E-state index contributed by atoms with van der Waals surface area (Å²) in [5, 5.41) is 0. The second-order valence-electron chi connectivity index (χ2n) is 4.80. The highest BCUT2D eigenvalue weighted by molar-refractivity contribution is 4.88. The van der Waals surface area contributed by atoms with Crippen LogP contribution in [0.25, 0.3) is 0 Å². The van der Waals surface area contributed by atoms with Crippen molar-refractivity contribution in [3.63, 3.8) is 0 Å². The molecule has 0 bridgehead atoms. The Balaban J connectivity index is 0.000000396. The van der Waals surface area contributed by atoms with Crippen LogP contribution in [0, 0.1) is 23.7 Å².